The van der Waals surface area contributed by atoms with Gasteiger partial charge in [0.1, 0.15) is 11.3 Å². The molecule has 0 bridgehead atoms. The first-order valence-corrected chi connectivity index (χ1v) is 7.75. The number of aryl methyl sites for hydroxylation is 1. The van der Waals surface area contributed by atoms with Crippen molar-refractivity contribution >= 4 is 33.8 Å². The minimum atomic E-state index is -0.406. The Balaban J connectivity index is 1.68. The van der Waals surface area contributed by atoms with Crippen LogP contribution in [0.25, 0.3) is 11.0 Å². The van der Waals surface area contributed by atoms with Crippen molar-refractivity contribution in [3.8, 4) is 5.75 Å². The highest BCUT2D eigenvalue weighted by molar-refractivity contribution is 8.14. The van der Waals surface area contributed by atoms with Crippen molar-refractivity contribution in [3.63, 3.8) is 0 Å². The van der Waals surface area contributed by atoms with Crippen molar-refractivity contribution in [1.82, 2.24) is 5.32 Å². The molecule has 0 unspecified atom stereocenters. The molecule has 3 rings (SSSR count). The minimum absolute atomic E-state index is 0.124. The predicted octanol–water partition coefficient (Wildman–Crippen LogP) is 1.70. The molecule has 2 aromatic rings. The van der Waals surface area contributed by atoms with E-state index in [1.54, 1.807) is 18.2 Å². The number of carbonyl (C=O) groups excluding carboxylic acids is 1. The van der Waals surface area contributed by atoms with Gasteiger partial charge in [-0.05, 0) is 24.6 Å². The number of ether oxygens (including phenoxy) is 1. The van der Waals surface area contributed by atoms with Crippen LogP contribution in [0.5, 0.6) is 5.75 Å². The van der Waals surface area contributed by atoms with Crippen molar-refractivity contribution in [2.45, 2.75) is 6.92 Å². The summed E-state index contributed by atoms with van der Waals surface area (Å²) in [5, 5.41) is 4.15. The van der Waals surface area contributed by atoms with E-state index in [9.17, 15) is 9.59 Å². The number of hydrogen-bond donors (Lipinski definition) is 1. The van der Waals surface area contributed by atoms with E-state index >= 15 is 0 Å². The highest BCUT2D eigenvalue weighted by atomic mass is 32.2. The summed E-state index contributed by atoms with van der Waals surface area (Å²) in [6.07, 6.45) is 0. The number of hydrogen-bond acceptors (Lipinski definition) is 6. The third-order valence-corrected chi connectivity index (χ3v) is 4.02. The van der Waals surface area contributed by atoms with Gasteiger partial charge in [0.25, 0.3) is 5.91 Å². The second-order valence-corrected chi connectivity index (χ2v) is 5.86. The number of rotatable bonds is 3. The van der Waals surface area contributed by atoms with Crippen LogP contribution in [0.15, 0.2) is 38.5 Å². The maximum absolute atomic E-state index is 11.7. The molecule has 0 fully saturated rings. The molecule has 22 heavy (non-hydrogen) atoms. The third-order valence-electron chi connectivity index (χ3n) is 3.12. The van der Waals surface area contributed by atoms with Crippen LogP contribution < -0.4 is 15.7 Å². The number of nitrogens with zero attached hydrogens (tertiary/aromatic N) is 1. The van der Waals surface area contributed by atoms with Crippen LogP contribution in [0.4, 0.5) is 0 Å². The predicted molar refractivity (Wildman–Crippen MR) is 85.6 cm³/mol. The molecule has 2 heterocycles. The normalized spacial score (nSPS) is 14.0. The number of aliphatic imine (C=N–C) groups is 1. The van der Waals surface area contributed by atoms with Gasteiger partial charge in [-0.25, -0.2) is 4.79 Å². The van der Waals surface area contributed by atoms with Crippen LogP contribution >= 0.6 is 11.8 Å². The van der Waals surface area contributed by atoms with Gasteiger partial charge in [0, 0.05) is 23.3 Å². The molecule has 0 aliphatic carbocycles. The topological polar surface area (TPSA) is 80.9 Å². The fourth-order valence-corrected chi connectivity index (χ4v) is 2.85. The molecule has 1 aliphatic rings. The van der Waals surface area contributed by atoms with Crippen LogP contribution in [0.1, 0.15) is 5.56 Å². The molecule has 0 radical (unpaired) electrons. The van der Waals surface area contributed by atoms with E-state index < -0.39 is 5.63 Å². The summed E-state index contributed by atoms with van der Waals surface area (Å²) < 4.78 is 10.6. The first kappa shape index (κ1) is 14.6. The Bertz CT molecular complexity index is 813. The molecular formula is C15H14N2O4S. The first-order valence-electron chi connectivity index (χ1n) is 6.76. The highest BCUT2D eigenvalue weighted by Crippen LogP contribution is 2.22. The highest BCUT2D eigenvalue weighted by Gasteiger charge is 2.11. The average molecular weight is 318 g/mol. The molecule has 7 heteroatoms. The summed E-state index contributed by atoms with van der Waals surface area (Å²) in [6, 6.07) is 6.59. The lowest BCUT2D eigenvalue weighted by Crippen LogP contribution is -2.32. The maximum atomic E-state index is 11.7. The summed E-state index contributed by atoms with van der Waals surface area (Å²) in [6.45, 7) is 2.44. The van der Waals surface area contributed by atoms with Gasteiger partial charge in [-0.3, -0.25) is 9.79 Å². The van der Waals surface area contributed by atoms with Crippen molar-refractivity contribution in [2.75, 3.05) is 18.9 Å². The van der Waals surface area contributed by atoms with Gasteiger partial charge in [0.2, 0.25) is 0 Å². The lowest BCUT2D eigenvalue weighted by Gasteiger charge is -2.08. The van der Waals surface area contributed by atoms with E-state index in [1.807, 2.05) is 6.92 Å². The monoisotopic (exact) mass is 318 g/mol. The molecule has 1 aromatic heterocycles. The lowest BCUT2D eigenvalue weighted by molar-refractivity contribution is -0.121. The van der Waals surface area contributed by atoms with E-state index in [2.05, 4.69) is 10.3 Å². The van der Waals surface area contributed by atoms with E-state index in [-0.39, 0.29) is 12.5 Å². The molecule has 0 saturated heterocycles. The largest absolute Gasteiger partial charge is 0.484 e. The Hall–Kier alpha value is -2.28. The summed E-state index contributed by atoms with van der Waals surface area (Å²) in [4.78, 5) is 27.3. The number of thioether (sulfide) groups is 1. The maximum Gasteiger partial charge on any atom is 0.336 e. The smallest absolute Gasteiger partial charge is 0.336 e. The second kappa shape index (κ2) is 6.23. The summed E-state index contributed by atoms with van der Waals surface area (Å²) in [5.41, 5.74) is 0.876. The van der Waals surface area contributed by atoms with E-state index in [4.69, 9.17) is 9.15 Å². The molecule has 6 nitrogen and oxygen atoms in total. The van der Waals surface area contributed by atoms with Gasteiger partial charge >= 0.3 is 5.63 Å². The standard InChI is InChI=1S/C15H14N2O4S/c1-9-6-14(19)21-12-7-10(2-3-11(9)12)20-8-13(18)17-15-16-4-5-22-15/h2-3,6-7H,4-5,8H2,1H3,(H,16,17,18). The number of carbonyl (C=O) groups is 1. The molecule has 1 N–H and O–H groups in total. The molecular weight excluding hydrogens is 304 g/mol. The molecule has 0 spiro atoms. The Labute approximate surface area is 130 Å². The van der Waals surface area contributed by atoms with Crippen molar-refractivity contribution in [3.05, 3.63) is 40.2 Å². The Morgan fingerprint density at radius 2 is 2.32 bits per heavy atom. The zero-order chi connectivity index (χ0) is 15.5. The van der Waals surface area contributed by atoms with Crippen LogP contribution in [-0.2, 0) is 4.79 Å². The molecule has 1 aliphatic heterocycles. The quantitative estimate of drug-likeness (QED) is 0.871. The van der Waals surface area contributed by atoms with Crippen molar-refractivity contribution in [2.24, 2.45) is 4.99 Å². The van der Waals surface area contributed by atoms with Crippen molar-refractivity contribution in [1.29, 1.82) is 0 Å². The second-order valence-electron chi connectivity index (χ2n) is 4.78. The van der Waals surface area contributed by atoms with Crippen LogP contribution in [-0.4, -0.2) is 30.0 Å². The van der Waals surface area contributed by atoms with Gasteiger partial charge in [0.15, 0.2) is 11.8 Å². The SMILES string of the molecule is Cc1cc(=O)oc2cc(OCC(=O)NC3=NCCS3)ccc12. The lowest BCUT2D eigenvalue weighted by atomic mass is 10.1. The summed E-state index contributed by atoms with van der Waals surface area (Å²) >= 11 is 1.51. The molecule has 0 saturated carbocycles. The van der Waals surface area contributed by atoms with E-state index in [1.165, 1.54) is 17.8 Å². The first-order chi connectivity index (χ1) is 10.6. The molecule has 0 atom stereocenters. The number of amidine groups is 1. The number of benzene rings is 1. The summed E-state index contributed by atoms with van der Waals surface area (Å²) in [7, 11) is 0. The Morgan fingerprint density at radius 1 is 1.45 bits per heavy atom. The van der Waals surface area contributed by atoms with E-state index in [0.717, 1.165) is 23.2 Å². The molecule has 114 valence electrons. The van der Waals surface area contributed by atoms with Gasteiger partial charge in [-0.2, -0.15) is 0 Å². The Kier molecular flexibility index (Phi) is 4.15. The van der Waals surface area contributed by atoms with E-state index in [0.29, 0.717) is 16.5 Å². The van der Waals surface area contributed by atoms with Crippen LogP contribution in [0.2, 0.25) is 0 Å². The van der Waals surface area contributed by atoms with Crippen LogP contribution in [0, 0.1) is 6.92 Å². The van der Waals surface area contributed by atoms with Gasteiger partial charge in [0.05, 0.1) is 6.54 Å². The van der Waals surface area contributed by atoms with Gasteiger partial charge in [-0.1, -0.05) is 11.8 Å². The van der Waals surface area contributed by atoms with Gasteiger partial charge in [-0.15, -0.1) is 0 Å². The zero-order valence-electron chi connectivity index (χ0n) is 11.9. The number of amides is 1. The minimum Gasteiger partial charge on any atom is -0.484 e. The number of nitrogens with one attached hydrogen (secondary N) is 1. The fraction of sp³-hybridized carbons (Fsp3) is 0.267. The van der Waals surface area contributed by atoms with Crippen molar-refractivity contribution < 1.29 is 13.9 Å². The third kappa shape index (κ3) is 3.30. The summed E-state index contributed by atoms with van der Waals surface area (Å²) in [5.74, 6) is 1.09. The zero-order valence-corrected chi connectivity index (χ0v) is 12.7. The molecule has 1 aromatic carbocycles. The van der Waals surface area contributed by atoms with Crippen LogP contribution in [0.3, 0.4) is 0 Å². The van der Waals surface area contributed by atoms with Gasteiger partial charge < -0.3 is 14.5 Å². The average Bonchev–Trinajstić information content (AvgIpc) is 2.97. The Morgan fingerprint density at radius 3 is 3.09 bits per heavy atom. The molecule has 1 amide bonds. The fourth-order valence-electron chi connectivity index (χ4n) is 2.11. The number of fused-ring (bicyclic) bond motifs is 1.